The first-order valence-corrected chi connectivity index (χ1v) is 3.60. The molecule has 0 aliphatic rings. The summed E-state index contributed by atoms with van der Waals surface area (Å²) >= 11 is 0. The van der Waals surface area contributed by atoms with Crippen molar-refractivity contribution in [2.75, 3.05) is 18.5 Å². The van der Waals surface area contributed by atoms with Gasteiger partial charge < -0.3 is 4.90 Å². The van der Waals surface area contributed by atoms with Crippen LogP contribution in [0.15, 0.2) is 30.3 Å². The van der Waals surface area contributed by atoms with Crippen LogP contribution in [0.3, 0.4) is 0 Å². The third kappa shape index (κ3) is 1.50. The maximum Gasteiger partial charge on any atom is 0.0363 e. The van der Waals surface area contributed by atoms with E-state index in [2.05, 4.69) is 43.1 Å². The Morgan fingerprint density at radius 1 is 1.20 bits per heavy atom. The summed E-state index contributed by atoms with van der Waals surface area (Å²) in [6, 6.07) is 10.4. The lowest BCUT2D eigenvalue weighted by atomic mass is 10.3. The molecule has 0 fully saturated rings. The molecule has 0 saturated heterocycles. The van der Waals surface area contributed by atoms with Crippen LogP contribution in [0.5, 0.6) is 0 Å². The Morgan fingerprint density at radius 3 is 2.30 bits per heavy atom. The van der Waals surface area contributed by atoms with Crippen LogP contribution in [-0.2, 0) is 0 Å². The van der Waals surface area contributed by atoms with Gasteiger partial charge in [-0.1, -0.05) is 18.2 Å². The second kappa shape index (κ2) is 3.25. The fourth-order valence-electron chi connectivity index (χ4n) is 0.865. The van der Waals surface area contributed by atoms with Crippen LogP contribution in [-0.4, -0.2) is 13.6 Å². The molecule has 1 heteroatoms. The normalized spacial score (nSPS) is 9.40. The number of nitrogens with zero attached hydrogens (tertiary/aromatic N) is 1. The Bertz CT molecular complexity index is 181. The van der Waals surface area contributed by atoms with E-state index < -0.39 is 0 Å². The van der Waals surface area contributed by atoms with E-state index in [1.807, 2.05) is 6.07 Å². The SMILES string of the molecule is CCN([13CH3])c1ccccc1. The highest BCUT2D eigenvalue weighted by Gasteiger charge is 1.92. The number of benzene rings is 1. The Labute approximate surface area is 62.3 Å². The number of hydrogen-bond donors (Lipinski definition) is 0. The van der Waals surface area contributed by atoms with Crippen LogP contribution < -0.4 is 4.90 Å². The van der Waals surface area contributed by atoms with Crippen molar-refractivity contribution in [2.24, 2.45) is 0 Å². The zero-order valence-electron chi connectivity index (χ0n) is 6.54. The second-order valence-corrected chi connectivity index (χ2v) is 2.35. The Kier molecular flexibility index (Phi) is 2.32. The van der Waals surface area contributed by atoms with Gasteiger partial charge in [-0.15, -0.1) is 0 Å². The van der Waals surface area contributed by atoms with Gasteiger partial charge >= 0.3 is 0 Å². The molecular weight excluding hydrogens is 123 g/mol. The smallest absolute Gasteiger partial charge is 0.0363 e. The van der Waals surface area contributed by atoms with Gasteiger partial charge in [0.2, 0.25) is 0 Å². The molecule has 0 saturated carbocycles. The molecule has 1 rings (SSSR count). The molecule has 0 atom stereocenters. The van der Waals surface area contributed by atoms with Crippen molar-refractivity contribution >= 4 is 5.69 Å². The Hall–Kier alpha value is -0.980. The lowest BCUT2D eigenvalue weighted by molar-refractivity contribution is 0.968. The maximum atomic E-state index is 2.21. The zero-order valence-corrected chi connectivity index (χ0v) is 6.54. The van der Waals surface area contributed by atoms with Gasteiger partial charge in [0.25, 0.3) is 0 Å². The third-order valence-electron chi connectivity index (χ3n) is 1.67. The van der Waals surface area contributed by atoms with Crippen molar-refractivity contribution in [3.05, 3.63) is 30.3 Å². The van der Waals surface area contributed by atoms with Crippen molar-refractivity contribution in [2.45, 2.75) is 6.92 Å². The Balaban J connectivity index is 2.75. The van der Waals surface area contributed by atoms with E-state index in [0.717, 1.165) is 6.54 Å². The standard InChI is InChI=1S/C9H13N/c1-3-10(2)9-7-5-4-6-8-9/h4-8H,3H2,1-2H3/i2+1. The zero-order chi connectivity index (χ0) is 7.40. The molecular formula is C9H13N. The molecule has 54 valence electrons. The van der Waals surface area contributed by atoms with Crippen LogP contribution >= 0.6 is 0 Å². The van der Waals surface area contributed by atoms with Gasteiger partial charge in [-0.2, -0.15) is 0 Å². The largest absolute Gasteiger partial charge is 0.375 e. The average Bonchev–Trinajstić information content (AvgIpc) is 2.05. The third-order valence-corrected chi connectivity index (χ3v) is 1.67. The predicted octanol–water partition coefficient (Wildman–Crippen LogP) is 2.14. The molecule has 0 N–H and O–H groups in total. The van der Waals surface area contributed by atoms with Gasteiger partial charge in [-0.05, 0) is 19.1 Å². The Morgan fingerprint density at radius 2 is 1.80 bits per heavy atom. The van der Waals surface area contributed by atoms with E-state index in [9.17, 15) is 0 Å². The van der Waals surface area contributed by atoms with Crippen molar-refractivity contribution in [3.8, 4) is 0 Å². The van der Waals surface area contributed by atoms with E-state index >= 15 is 0 Å². The molecule has 0 bridgehead atoms. The quantitative estimate of drug-likeness (QED) is 0.563. The fourth-order valence-corrected chi connectivity index (χ4v) is 0.865. The van der Waals surface area contributed by atoms with Crippen LogP contribution in [0.1, 0.15) is 6.92 Å². The van der Waals surface area contributed by atoms with Gasteiger partial charge in [0.05, 0.1) is 0 Å². The van der Waals surface area contributed by atoms with E-state index in [1.165, 1.54) is 5.69 Å². The maximum absolute atomic E-state index is 2.21. The van der Waals surface area contributed by atoms with E-state index in [-0.39, 0.29) is 0 Å². The summed E-state index contributed by atoms with van der Waals surface area (Å²) in [5, 5.41) is 0. The van der Waals surface area contributed by atoms with Crippen molar-refractivity contribution in [1.29, 1.82) is 0 Å². The minimum Gasteiger partial charge on any atom is -0.375 e. The van der Waals surface area contributed by atoms with Crippen LogP contribution in [0.2, 0.25) is 0 Å². The van der Waals surface area contributed by atoms with Crippen molar-refractivity contribution in [1.82, 2.24) is 0 Å². The summed E-state index contributed by atoms with van der Waals surface area (Å²) < 4.78 is 0. The molecule has 1 aromatic rings. The lowest BCUT2D eigenvalue weighted by Gasteiger charge is -2.15. The van der Waals surface area contributed by atoms with E-state index in [0.29, 0.717) is 0 Å². The number of rotatable bonds is 2. The fraction of sp³-hybridized carbons (Fsp3) is 0.333. The van der Waals surface area contributed by atoms with E-state index in [1.54, 1.807) is 0 Å². The highest BCUT2D eigenvalue weighted by Crippen LogP contribution is 2.09. The van der Waals surface area contributed by atoms with Crippen molar-refractivity contribution < 1.29 is 0 Å². The number of anilines is 1. The summed E-state index contributed by atoms with van der Waals surface area (Å²) in [5.74, 6) is 0. The molecule has 0 heterocycles. The molecule has 0 amide bonds. The van der Waals surface area contributed by atoms with Crippen LogP contribution in [0.4, 0.5) is 5.69 Å². The lowest BCUT2D eigenvalue weighted by Crippen LogP contribution is -2.15. The predicted molar refractivity (Wildman–Crippen MR) is 45.4 cm³/mol. The molecule has 0 aliphatic carbocycles. The molecule has 0 radical (unpaired) electrons. The van der Waals surface area contributed by atoms with Gasteiger partial charge in [0.15, 0.2) is 0 Å². The second-order valence-electron chi connectivity index (χ2n) is 2.35. The van der Waals surface area contributed by atoms with Crippen LogP contribution in [0, 0.1) is 0 Å². The molecule has 0 aromatic heterocycles. The first-order valence-electron chi connectivity index (χ1n) is 3.60. The van der Waals surface area contributed by atoms with E-state index in [4.69, 9.17) is 0 Å². The number of para-hydroxylation sites is 1. The van der Waals surface area contributed by atoms with Crippen molar-refractivity contribution in [3.63, 3.8) is 0 Å². The van der Waals surface area contributed by atoms with Gasteiger partial charge in [0.1, 0.15) is 0 Å². The molecule has 0 unspecified atom stereocenters. The first-order chi connectivity index (χ1) is 4.84. The highest BCUT2D eigenvalue weighted by molar-refractivity contribution is 5.44. The van der Waals surface area contributed by atoms with Crippen LogP contribution in [0.25, 0.3) is 0 Å². The van der Waals surface area contributed by atoms with Gasteiger partial charge in [0, 0.05) is 19.3 Å². The summed E-state index contributed by atoms with van der Waals surface area (Å²) in [4.78, 5) is 2.21. The topological polar surface area (TPSA) is 3.24 Å². The monoisotopic (exact) mass is 136 g/mol. The van der Waals surface area contributed by atoms with Gasteiger partial charge in [-0.3, -0.25) is 0 Å². The summed E-state index contributed by atoms with van der Waals surface area (Å²) in [6.07, 6.45) is 0. The first kappa shape index (κ1) is 7.13. The average molecular weight is 136 g/mol. The minimum atomic E-state index is 1.06. The number of hydrogen-bond acceptors (Lipinski definition) is 1. The molecule has 1 nitrogen and oxygen atoms in total. The molecule has 0 aliphatic heterocycles. The van der Waals surface area contributed by atoms with Gasteiger partial charge in [-0.25, -0.2) is 0 Å². The molecule has 0 spiro atoms. The molecule has 10 heavy (non-hydrogen) atoms. The highest BCUT2D eigenvalue weighted by atomic mass is 15.2. The summed E-state index contributed by atoms with van der Waals surface area (Å²) in [6.45, 7) is 3.21. The summed E-state index contributed by atoms with van der Waals surface area (Å²) in [5.41, 5.74) is 1.28. The summed E-state index contributed by atoms with van der Waals surface area (Å²) in [7, 11) is 2.09. The molecule has 1 aromatic carbocycles. The minimum absolute atomic E-state index is 1.06.